The fourth-order valence-corrected chi connectivity index (χ4v) is 7.28. The van der Waals surface area contributed by atoms with E-state index in [1.807, 2.05) is 42.6 Å². The van der Waals surface area contributed by atoms with Crippen LogP contribution in [-0.2, 0) is 17.8 Å². The van der Waals surface area contributed by atoms with Crippen molar-refractivity contribution in [3.05, 3.63) is 138 Å². The average molecular weight is 750 g/mol. The summed E-state index contributed by atoms with van der Waals surface area (Å²) >= 11 is 8.40. The standard InChI is InChI=1S/C33H23Br2FN4O4S/c34-27-15-21(16-28(35)31(27)44-19-20-5-7-23(36)8-6-20)17-30-32(41)39(14-13-22-18-37-29-4-2-1-3-26(22)29)33(45-30)38-24-9-11-25(12-10-24)40(42)43/h1-12,15-18,37H,13-14,19H2/b30-17-,38-33?. The number of amides is 1. The number of hydrogen-bond donors (Lipinski definition) is 1. The number of nitrogens with one attached hydrogen (secondary N) is 1. The maximum absolute atomic E-state index is 13.8. The lowest BCUT2D eigenvalue weighted by Gasteiger charge is -2.15. The van der Waals surface area contributed by atoms with Crippen molar-refractivity contribution in [1.82, 2.24) is 9.88 Å². The van der Waals surface area contributed by atoms with E-state index in [2.05, 4.69) is 36.8 Å². The Balaban J connectivity index is 1.26. The number of para-hydroxylation sites is 1. The monoisotopic (exact) mass is 748 g/mol. The van der Waals surface area contributed by atoms with Crippen LogP contribution in [0.1, 0.15) is 16.7 Å². The van der Waals surface area contributed by atoms with Gasteiger partial charge in [0.05, 0.1) is 24.5 Å². The van der Waals surface area contributed by atoms with Crippen LogP contribution in [0.4, 0.5) is 15.8 Å². The summed E-state index contributed by atoms with van der Waals surface area (Å²) in [6, 6.07) is 23.7. The number of benzene rings is 4. The Morgan fingerprint density at radius 3 is 2.44 bits per heavy atom. The number of non-ortho nitro benzene ring substituents is 1. The molecule has 5 aromatic rings. The van der Waals surface area contributed by atoms with E-state index in [1.165, 1.54) is 36.0 Å². The molecule has 0 atom stereocenters. The van der Waals surface area contributed by atoms with Crippen LogP contribution >= 0.6 is 43.6 Å². The van der Waals surface area contributed by atoms with Crippen LogP contribution in [0.3, 0.4) is 0 Å². The van der Waals surface area contributed by atoms with Gasteiger partial charge in [-0.05, 0) is 115 Å². The zero-order valence-corrected chi connectivity index (χ0v) is 27.4. The van der Waals surface area contributed by atoms with E-state index in [0.29, 0.717) is 43.4 Å². The predicted octanol–water partition coefficient (Wildman–Crippen LogP) is 9.17. The number of aromatic amines is 1. The fraction of sp³-hybridized carbons (Fsp3) is 0.0909. The lowest BCUT2D eigenvalue weighted by Crippen LogP contribution is -2.31. The molecule has 226 valence electrons. The number of nitro groups is 1. The van der Waals surface area contributed by atoms with Crippen LogP contribution in [0.2, 0.25) is 0 Å². The molecule has 0 bridgehead atoms. The molecule has 1 N–H and O–H groups in total. The van der Waals surface area contributed by atoms with Gasteiger partial charge in [-0.1, -0.05) is 30.3 Å². The summed E-state index contributed by atoms with van der Waals surface area (Å²) in [5, 5.41) is 12.7. The van der Waals surface area contributed by atoms with Crippen LogP contribution in [0.25, 0.3) is 17.0 Å². The Morgan fingerprint density at radius 1 is 1.02 bits per heavy atom. The van der Waals surface area contributed by atoms with Crippen molar-refractivity contribution in [2.24, 2.45) is 4.99 Å². The van der Waals surface area contributed by atoms with E-state index in [1.54, 1.807) is 35.2 Å². The number of carbonyl (C=O) groups excluding carboxylic acids is 1. The number of aliphatic imine (C=N–C) groups is 1. The molecule has 0 unspecified atom stereocenters. The van der Waals surface area contributed by atoms with Gasteiger partial charge < -0.3 is 9.72 Å². The molecule has 1 aliphatic rings. The zero-order chi connectivity index (χ0) is 31.5. The second-order valence-electron chi connectivity index (χ2n) is 10.1. The largest absolute Gasteiger partial charge is 0.487 e. The van der Waals surface area contributed by atoms with Gasteiger partial charge >= 0.3 is 0 Å². The minimum Gasteiger partial charge on any atom is -0.487 e. The van der Waals surface area contributed by atoms with Gasteiger partial charge in [0.25, 0.3) is 11.6 Å². The van der Waals surface area contributed by atoms with E-state index in [4.69, 9.17) is 9.73 Å². The molecular formula is C33H23Br2FN4O4S. The van der Waals surface area contributed by atoms with E-state index in [-0.39, 0.29) is 24.0 Å². The Morgan fingerprint density at radius 2 is 1.73 bits per heavy atom. The maximum Gasteiger partial charge on any atom is 0.269 e. The van der Waals surface area contributed by atoms with Crippen molar-refractivity contribution in [2.75, 3.05) is 6.54 Å². The van der Waals surface area contributed by atoms with Gasteiger partial charge in [0, 0.05) is 35.8 Å². The number of halogens is 3. The fourth-order valence-electron chi connectivity index (χ4n) is 4.81. The van der Waals surface area contributed by atoms with Crippen LogP contribution in [-0.4, -0.2) is 32.4 Å². The van der Waals surface area contributed by atoms with Crippen LogP contribution in [0, 0.1) is 15.9 Å². The second-order valence-corrected chi connectivity index (χ2v) is 12.8. The lowest BCUT2D eigenvalue weighted by molar-refractivity contribution is -0.384. The first-order chi connectivity index (χ1) is 21.7. The van der Waals surface area contributed by atoms with Gasteiger partial charge in [-0.3, -0.25) is 19.8 Å². The molecule has 0 saturated carbocycles. The molecule has 4 aromatic carbocycles. The second kappa shape index (κ2) is 13.4. The lowest BCUT2D eigenvalue weighted by atomic mass is 10.1. The predicted molar refractivity (Wildman–Crippen MR) is 182 cm³/mol. The van der Waals surface area contributed by atoms with Gasteiger partial charge in [-0.15, -0.1) is 0 Å². The van der Waals surface area contributed by atoms with Crippen molar-refractivity contribution in [1.29, 1.82) is 0 Å². The van der Waals surface area contributed by atoms with Gasteiger partial charge in [0.1, 0.15) is 18.2 Å². The molecule has 8 nitrogen and oxygen atoms in total. The third kappa shape index (κ3) is 7.03. The van der Waals surface area contributed by atoms with Gasteiger partial charge in [0.15, 0.2) is 5.17 Å². The molecule has 2 heterocycles. The summed E-state index contributed by atoms with van der Waals surface area (Å²) in [7, 11) is 0. The summed E-state index contributed by atoms with van der Waals surface area (Å²) in [6.45, 7) is 0.639. The molecule has 0 aliphatic carbocycles. The number of H-pyrrole nitrogens is 1. The van der Waals surface area contributed by atoms with Crippen LogP contribution < -0.4 is 4.74 Å². The van der Waals surface area contributed by atoms with Crippen LogP contribution in [0.15, 0.2) is 110 Å². The Kier molecular flexibility index (Phi) is 9.15. The smallest absolute Gasteiger partial charge is 0.269 e. The van der Waals surface area contributed by atoms with E-state index in [9.17, 15) is 19.3 Å². The Bertz CT molecular complexity index is 1950. The number of fused-ring (bicyclic) bond motifs is 1. The molecule has 1 amide bonds. The molecule has 1 aliphatic heterocycles. The summed E-state index contributed by atoms with van der Waals surface area (Å²) in [4.78, 5) is 34.5. The molecule has 6 rings (SSSR count). The highest BCUT2D eigenvalue weighted by Gasteiger charge is 2.33. The normalized spacial score (nSPS) is 15.0. The Labute approximate surface area is 278 Å². The minimum atomic E-state index is -0.464. The van der Waals surface area contributed by atoms with Gasteiger partial charge in [-0.25, -0.2) is 9.38 Å². The number of amidine groups is 1. The molecule has 1 saturated heterocycles. The van der Waals surface area contributed by atoms with Crippen molar-refractivity contribution >= 4 is 83.1 Å². The van der Waals surface area contributed by atoms with Gasteiger partial charge in [-0.2, -0.15) is 0 Å². The molecule has 0 radical (unpaired) electrons. The zero-order valence-electron chi connectivity index (χ0n) is 23.4. The van der Waals surface area contributed by atoms with E-state index in [0.717, 1.165) is 27.6 Å². The van der Waals surface area contributed by atoms with E-state index >= 15 is 0 Å². The third-order valence-electron chi connectivity index (χ3n) is 7.07. The van der Waals surface area contributed by atoms with Crippen molar-refractivity contribution in [2.45, 2.75) is 13.0 Å². The number of ether oxygens (including phenoxy) is 1. The number of hydrogen-bond acceptors (Lipinski definition) is 6. The highest BCUT2D eigenvalue weighted by molar-refractivity contribution is 9.11. The number of thioether (sulfide) groups is 1. The first-order valence-corrected chi connectivity index (χ1v) is 16.1. The molecule has 45 heavy (non-hydrogen) atoms. The van der Waals surface area contributed by atoms with Crippen molar-refractivity contribution in [3.63, 3.8) is 0 Å². The average Bonchev–Trinajstić information content (AvgIpc) is 3.56. The number of nitrogens with zero attached hydrogens (tertiary/aromatic N) is 3. The molecule has 12 heteroatoms. The molecular weight excluding hydrogens is 727 g/mol. The highest BCUT2D eigenvalue weighted by Crippen LogP contribution is 2.39. The van der Waals surface area contributed by atoms with Gasteiger partial charge in [0.2, 0.25) is 0 Å². The third-order valence-corrected chi connectivity index (χ3v) is 9.25. The molecule has 0 spiro atoms. The maximum atomic E-state index is 13.8. The number of carbonyl (C=O) groups is 1. The van der Waals surface area contributed by atoms with Crippen molar-refractivity contribution < 1.29 is 18.8 Å². The Hall–Kier alpha value is -4.26. The number of nitro benzene ring substituents is 1. The van der Waals surface area contributed by atoms with Crippen molar-refractivity contribution in [3.8, 4) is 5.75 Å². The number of rotatable bonds is 9. The summed E-state index contributed by atoms with van der Waals surface area (Å²) < 4.78 is 20.6. The van der Waals surface area contributed by atoms with Crippen LogP contribution in [0.5, 0.6) is 5.75 Å². The summed E-state index contributed by atoms with van der Waals surface area (Å²) in [5.41, 5.74) is 4.15. The summed E-state index contributed by atoms with van der Waals surface area (Å²) in [6.07, 6.45) is 4.35. The topological polar surface area (TPSA) is 101 Å². The first-order valence-electron chi connectivity index (χ1n) is 13.7. The highest BCUT2D eigenvalue weighted by atomic mass is 79.9. The molecule has 1 aromatic heterocycles. The minimum absolute atomic E-state index is 0.0351. The molecule has 1 fully saturated rings. The quantitative estimate of drug-likeness (QED) is 0.0921. The SMILES string of the molecule is O=C1/C(=C/c2cc(Br)c(OCc3ccc(F)cc3)c(Br)c2)SC(=Nc2ccc([N+](=O)[O-])cc2)N1CCc1c[nH]c2ccccc12. The van der Waals surface area contributed by atoms with E-state index < -0.39 is 4.92 Å². The number of aromatic nitrogens is 1. The summed E-state index contributed by atoms with van der Waals surface area (Å²) in [5.74, 6) is 0.0762. The first kappa shape index (κ1) is 30.8.